The van der Waals surface area contributed by atoms with Gasteiger partial charge in [0.25, 0.3) is 5.24 Å². The van der Waals surface area contributed by atoms with Crippen molar-refractivity contribution in [2.24, 2.45) is 0 Å². The molecule has 0 aliphatic heterocycles. The molecule has 0 N–H and O–H groups in total. The summed E-state index contributed by atoms with van der Waals surface area (Å²) >= 11 is 11.0. The van der Waals surface area contributed by atoms with Crippen molar-refractivity contribution in [2.75, 3.05) is 14.2 Å². The summed E-state index contributed by atoms with van der Waals surface area (Å²) in [5, 5.41) is -0.935. The predicted octanol–water partition coefficient (Wildman–Crippen LogP) is 2.88. The standard InChI is InChI=1S/C9H7Cl2FO3/c1-14-7-5(12)3-4(9(11)13)6(10)8(7)15-2/h3H,1-2H3. The summed E-state index contributed by atoms with van der Waals surface area (Å²) in [6, 6.07) is 0.902. The van der Waals surface area contributed by atoms with Crippen LogP contribution in [0.3, 0.4) is 0 Å². The number of benzene rings is 1. The Hall–Kier alpha value is -1.00. The number of rotatable bonds is 3. The van der Waals surface area contributed by atoms with Crippen molar-refractivity contribution < 1.29 is 18.7 Å². The van der Waals surface area contributed by atoms with Crippen LogP contribution in [-0.2, 0) is 0 Å². The molecule has 0 fully saturated rings. The van der Waals surface area contributed by atoms with Crippen molar-refractivity contribution in [2.45, 2.75) is 0 Å². The fourth-order valence-electron chi connectivity index (χ4n) is 1.10. The summed E-state index contributed by atoms with van der Waals surface area (Å²) in [6.07, 6.45) is 0. The van der Waals surface area contributed by atoms with Gasteiger partial charge in [0.05, 0.1) is 24.8 Å². The number of hydrogen-bond donors (Lipinski definition) is 0. The molecule has 0 aliphatic rings. The molecule has 0 spiro atoms. The summed E-state index contributed by atoms with van der Waals surface area (Å²) < 4.78 is 22.9. The van der Waals surface area contributed by atoms with Crippen LogP contribution in [0.2, 0.25) is 5.02 Å². The monoisotopic (exact) mass is 252 g/mol. The zero-order valence-corrected chi connectivity index (χ0v) is 9.45. The lowest BCUT2D eigenvalue weighted by molar-refractivity contribution is 0.108. The number of ether oxygens (including phenoxy) is 2. The summed E-state index contributed by atoms with van der Waals surface area (Å²) in [4.78, 5) is 10.9. The highest BCUT2D eigenvalue weighted by Gasteiger charge is 2.21. The van der Waals surface area contributed by atoms with Crippen LogP contribution >= 0.6 is 23.2 Å². The largest absolute Gasteiger partial charge is 0.491 e. The maximum Gasteiger partial charge on any atom is 0.254 e. The maximum atomic E-state index is 13.4. The summed E-state index contributed by atoms with van der Waals surface area (Å²) in [5.74, 6) is -0.977. The fourth-order valence-corrected chi connectivity index (χ4v) is 1.60. The van der Waals surface area contributed by atoms with Crippen LogP contribution in [0.15, 0.2) is 6.07 Å². The third kappa shape index (κ3) is 2.16. The molecule has 82 valence electrons. The van der Waals surface area contributed by atoms with Gasteiger partial charge in [0.15, 0.2) is 17.3 Å². The van der Waals surface area contributed by atoms with E-state index in [1.165, 1.54) is 14.2 Å². The minimum Gasteiger partial charge on any atom is -0.491 e. The van der Waals surface area contributed by atoms with E-state index in [0.717, 1.165) is 6.07 Å². The van der Waals surface area contributed by atoms with Gasteiger partial charge in [-0.05, 0) is 17.7 Å². The quantitative estimate of drug-likeness (QED) is 0.777. The van der Waals surface area contributed by atoms with Crippen LogP contribution in [0, 0.1) is 5.82 Å². The Morgan fingerprint density at radius 1 is 1.33 bits per heavy atom. The Balaban J connectivity index is 3.51. The van der Waals surface area contributed by atoms with E-state index >= 15 is 0 Å². The second kappa shape index (κ2) is 4.68. The molecule has 0 saturated carbocycles. The van der Waals surface area contributed by atoms with Gasteiger partial charge in [0.2, 0.25) is 0 Å². The summed E-state index contributed by atoms with van der Waals surface area (Å²) in [5.41, 5.74) is -0.159. The van der Waals surface area contributed by atoms with Gasteiger partial charge in [-0.1, -0.05) is 11.6 Å². The molecule has 0 aromatic heterocycles. The van der Waals surface area contributed by atoms with Crippen LogP contribution < -0.4 is 9.47 Å². The van der Waals surface area contributed by atoms with Gasteiger partial charge in [-0.3, -0.25) is 4.79 Å². The SMILES string of the molecule is COc1c(F)cc(C(=O)Cl)c(Cl)c1OC. The number of hydrogen-bond acceptors (Lipinski definition) is 3. The average molecular weight is 253 g/mol. The lowest BCUT2D eigenvalue weighted by atomic mass is 10.2. The minimum atomic E-state index is -0.861. The molecule has 0 unspecified atom stereocenters. The van der Waals surface area contributed by atoms with Crippen molar-refractivity contribution in [1.29, 1.82) is 0 Å². The fraction of sp³-hybridized carbons (Fsp3) is 0.222. The highest BCUT2D eigenvalue weighted by molar-refractivity contribution is 6.68. The van der Waals surface area contributed by atoms with Crippen LogP contribution in [0.1, 0.15) is 10.4 Å². The molecule has 0 radical (unpaired) electrons. The zero-order valence-electron chi connectivity index (χ0n) is 7.94. The molecular weight excluding hydrogens is 246 g/mol. The third-order valence-corrected chi connectivity index (χ3v) is 2.33. The van der Waals surface area contributed by atoms with Gasteiger partial charge in [0, 0.05) is 0 Å². The molecule has 1 aromatic rings. The molecular formula is C9H7Cl2FO3. The predicted molar refractivity (Wildman–Crippen MR) is 54.7 cm³/mol. The van der Waals surface area contributed by atoms with Gasteiger partial charge in [0.1, 0.15) is 0 Å². The first-order valence-corrected chi connectivity index (χ1v) is 4.58. The number of halogens is 3. The van der Waals surface area contributed by atoms with Gasteiger partial charge in [-0.2, -0.15) is 0 Å². The Labute approximate surface area is 95.7 Å². The molecule has 0 saturated heterocycles. The molecule has 0 aliphatic carbocycles. The molecule has 0 bridgehead atoms. The van der Waals surface area contributed by atoms with E-state index in [-0.39, 0.29) is 22.1 Å². The van der Waals surface area contributed by atoms with E-state index in [1.54, 1.807) is 0 Å². The molecule has 6 heteroatoms. The second-order valence-corrected chi connectivity index (χ2v) is 3.28. The van der Waals surface area contributed by atoms with E-state index < -0.39 is 11.1 Å². The van der Waals surface area contributed by atoms with Crippen molar-refractivity contribution in [1.82, 2.24) is 0 Å². The molecule has 1 aromatic carbocycles. The topological polar surface area (TPSA) is 35.5 Å². The Morgan fingerprint density at radius 3 is 2.27 bits per heavy atom. The van der Waals surface area contributed by atoms with E-state index in [0.29, 0.717) is 0 Å². The van der Waals surface area contributed by atoms with Gasteiger partial charge < -0.3 is 9.47 Å². The van der Waals surface area contributed by atoms with Gasteiger partial charge in [-0.15, -0.1) is 0 Å². The van der Waals surface area contributed by atoms with E-state index in [2.05, 4.69) is 0 Å². The van der Waals surface area contributed by atoms with Crippen molar-refractivity contribution in [3.05, 3.63) is 22.5 Å². The number of methoxy groups -OCH3 is 2. The lowest BCUT2D eigenvalue weighted by Crippen LogP contribution is -2.00. The van der Waals surface area contributed by atoms with Crippen LogP contribution in [-0.4, -0.2) is 19.5 Å². The summed E-state index contributed by atoms with van der Waals surface area (Å²) in [6.45, 7) is 0. The van der Waals surface area contributed by atoms with Crippen molar-refractivity contribution in [3.63, 3.8) is 0 Å². The zero-order chi connectivity index (χ0) is 11.6. The van der Waals surface area contributed by atoms with E-state index in [9.17, 15) is 9.18 Å². The first-order chi connectivity index (χ1) is 7.02. The van der Waals surface area contributed by atoms with Crippen LogP contribution in [0.5, 0.6) is 11.5 Å². The second-order valence-electron chi connectivity index (χ2n) is 2.56. The number of carbonyl (C=O) groups excluding carboxylic acids is 1. The maximum absolute atomic E-state index is 13.4. The Morgan fingerprint density at radius 2 is 1.87 bits per heavy atom. The first-order valence-electron chi connectivity index (χ1n) is 3.82. The summed E-state index contributed by atoms with van der Waals surface area (Å²) in [7, 11) is 2.55. The highest BCUT2D eigenvalue weighted by Crippen LogP contribution is 2.39. The molecule has 0 atom stereocenters. The Kier molecular flexibility index (Phi) is 3.77. The van der Waals surface area contributed by atoms with Crippen LogP contribution in [0.25, 0.3) is 0 Å². The third-order valence-electron chi connectivity index (χ3n) is 1.75. The van der Waals surface area contributed by atoms with Crippen LogP contribution in [0.4, 0.5) is 4.39 Å². The molecule has 0 heterocycles. The van der Waals surface area contributed by atoms with Crippen molar-refractivity contribution >= 4 is 28.4 Å². The van der Waals surface area contributed by atoms with Gasteiger partial charge in [-0.25, -0.2) is 4.39 Å². The lowest BCUT2D eigenvalue weighted by Gasteiger charge is -2.11. The van der Waals surface area contributed by atoms with E-state index in [4.69, 9.17) is 32.7 Å². The molecule has 0 amide bonds. The molecule has 1 rings (SSSR count). The normalized spacial score (nSPS) is 9.93. The van der Waals surface area contributed by atoms with Crippen molar-refractivity contribution in [3.8, 4) is 11.5 Å². The smallest absolute Gasteiger partial charge is 0.254 e. The highest BCUT2D eigenvalue weighted by atomic mass is 35.5. The number of carbonyl (C=O) groups is 1. The Bertz CT molecular complexity index is 407. The molecule has 3 nitrogen and oxygen atoms in total. The van der Waals surface area contributed by atoms with E-state index in [1.807, 2.05) is 0 Å². The van der Waals surface area contributed by atoms with Gasteiger partial charge >= 0.3 is 0 Å². The molecule has 15 heavy (non-hydrogen) atoms. The first kappa shape index (κ1) is 12.1. The average Bonchev–Trinajstić information content (AvgIpc) is 2.19. The minimum absolute atomic E-state index is 0.0526.